The third-order valence-electron chi connectivity index (χ3n) is 2.87. The Hall–Kier alpha value is -2.30. The van der Waals surface area contributed by atoms with Gasteiger partial charge in [0.25, 0.3) is 0 Å². The minimum absolute atomic E-state index is 0.108. The molecule has 100 valence electrons. The van der Waals surface area contributed by atoms with Gasteiger partial charge in [0.15, 0.2) is 0 Å². The first-order valence-electron chi connectivity index (χ1n) is 6.05. The van der Waals surface area contributed by atoms with E-state index in [1.807, 2.05) is 30.3 Å². The number of cyclic esters (lactones) is 1. The van der Waals surface area contributed by atoms with Crippen LogP contribution in [0.1, 0.15) is 6.42 Å². The van der Waals surface area contributed by atoms with Gasteiger partial charge in [-0.1, -0.05) is 24.3 Å². The summed E-state index contributed by atoms with van der Waals surface area (Å²) in [4.78, 5) is 23.9. The molecule has 5 heteroatoms. The molecule has 2 rings (SSSR count). The number of esters is 1. The fourth-order valence-corrected chi connectivity index (χ4v) is 1.92. The Kier molecular flexibility index (Phi) is 4.18. The van der Waals surface area contributed by atoms with Crippen molar-refractivity contribution in [2.75, 3.05) is 24.6 Å². The second-order valence-corrected chi connectivity index (χ2v) is 4.23. The van der Waals surface area contributed by atoms with E-state index in [2.05, 4.69) is 0 Å². The van der Waals surface area contributed by atoms with Gasteiger partial charge >= 0.3 is 11.9 Å². The molecule has 19 heavy (non-hydrogen) atoms. The second-order valence-electron chi connectivity index (χ2n) is 4.23. The van der Waals surface area contributed by atoms with Crippen molar-refractivity contribution < 1.29 is 19.4 Å². The van der Waals surface area contributed by atoms with Gasteiger partial charge in [-0.15, -0.1) is 0 Å². The summed E-state index contributed by atoms with van der Waals surface area (Å²) >= 11 is 0. The molecule has 1 N–H and O–H groups in total. The van der Waals surface area contributed by atoms with Gasteiger partial charge in [-0.3, -0.25) is 4.79 Å². The molecule has 1 saturated heterocycles. The molecule has 0 bridgehead atoms. The van der Waals surface area contributed by atoms with Crippen molar-refractivity contribution in [3.63, 3.8) is 0 Å². The number of ether oxygens (including phenoxy) is 1. The molecule has 1 aromatic carbocycles. The minimum Gasteiger partial charge on any atom is -0.480 e. The molecule has 0 aliphatic carbocycles. The Morgan fingerprint density at radius 2 is 2.11 bits per heavy atom. The van der Waals surface area contributed by atoms with Crippen molar-refractivity contribution >= 4 is 17.6 Å². The Labute approximate surface area is 111 Å². The lowest BCUT2D eigenvalue weighted by atomic mass is 10.2. The number of carbonyl (C=O) groups is 2. The summed E-state index contributed by atoms with van der Waals surface area (Å²) < 4.78 is 4.84. The van der Waals surface area contributed by atoms with E-state index in [1.165, 1.54) is 0 Å². The maximum atomic E-state index is 11.3. The van der Waals surface area contributed by atoms with Crippen LogP contribution in [0.2, 0.25) is 0 Å². The van der Waals surface area contributed by atoms with Crippen LogP contribution in [0.3, 0.4) is 0 Å². The number of carboxylic acid groups (broad SMARTS) is 1. The van der Waals surface area contributed by atoms with E-state index >= 15 is 0 Å². The van der Waals surface area contributed by atoms with Crippen LogP contribution in [0.25, 0.3) is 0 Å². The first-order chi connectivity index (χ1) is 9.16. The third-order valence-corrected chi connectivity index (χ3v) is 2.87. The van der Waals surface area contributed by atoms with Gasteiger partial charge in [-0.05, 0) is 12.1 Å². The van der Waals surface area contributed by atoms with Crippen LogP contribution in [0.5, 0.6) is 0 Å². The van der Waals surface area contributed by atoms with Crippen LogP contribution in [0, 0.1) is 0 Å². The number of para-hydroxylation sites is 1. The third kappa shape index (κ3) is 3.58. The predicted octanol–water partition coefficient (Wildman–Crippen LogP) is 1.45. The quantitative estimate of drug-likeness (QED) is 0.642. The largest absolute Gasteiger partial charge is 0.480 e. The van der Waals surface area contributed by atoms with Gasteiger partial charge in [0, 0.05) is 24.2 Å². The molecule has 1 aliphatic rings. The van der Waals surface area contributed by atoms with Crippen LogP contribution in [-0.4, -0.2) is 36.7 Å². The van der Waals surface area contributed by atoms with Crippen LogP contribution in [0.15, 0.2) is 42.0 Å². The smallest absolute Gasteiger partial charge is 0.333 e. The molecule has 0 atom stereocenters. The van der Waals surface area contributed by atoms with Gasteiger partial charge in [0.1, 0.15) is 6.54 Å². The molecule has 1 aromatic rings. The lowest BCUT2D eigenvalue weighted by Gasteiger charge is -2.21. The van der Waals surface area contributed by atoms with E-state index in [1.54, 1.807) is 11.0 Å². The minimum atomic E-state index is -0.906. The molecule has 1 heterocycles. The molecule has 0 aromatic heterocycles. The summed E-state index contributed by atoms with van der Waals surface area (Å²) in [6.07, 6.45) is 2.33. The fourth-order valence-electron chi connectivity index (χ4n) is 1.92. The van der Waals surface area contributed by atoms with Crippen LogP contribution < -0.4 is 4.90 Å². The van der Waals surface area contributed by atoms with E-state index in [0.717, 1.165) is 5.69 Å². The van der Waals surface area contributed by atoms with Gasteiger partial charge in [0.2, 0.25) is 0 Å². The molecule has 1 fully saturated rings. The summed E-state index contributed by atoms with van der Waals surface area (Å²) in [5.41, 5.74) is 1.43. The van der Waals surface area contributed by atoms with E-state index in [0.29, 0.717) is 25.1 Å². The van der Waals surface area contributed by atoms with Crippen molar-refractivity contribution in [3.8, 4) is 0 Å². The van der Waals surface area contributed by atoms with E-state index in [9.17, 15) is 9.59 Å². The normalized spacial score (nSPS) is 16.4. The van der Waals surface area contributed by atoms with Crippen molar-refractivity contribution in [1.29, 1.82) is 0 Å². The average molecular weight is 261 g/mol. The van der Waals surface area contributed by atoms with E-state index < -0.39 is 5.97 Å². The summed E-state index contributed by atoms with van der Waals surface area (Å²) in [5, 5.41) is 8.94. The first-order valence-corrected chi connectivity index (χ1v) is 6.05. The topological polar surface area (TPSA) is 66.8 Å². The number of hydrogen-bond donors (Lipinski definition) is 1. The number of carbonyl (C=O) groups excluding carboxylic acids is 1. The lowest BCUT2D eigenvalue weighted by Crippen LogP contribution is -2.30. The van der Waals surface area contributed by atoms with Gasteiger partial charge in [0.05, 0.1) is 6.61 Å². The lowest BCUT2D eigenvalue weighted by molar-refractivity contribution is -0.136. The monoisotopic (exact) mass is 261 g/mol. The maximum Gasteiger partial charge on any atom is 0.333 e. The highest BCUT2D eigenvalue weighted by Crippen LogP contribution is 2.16. The highest BCUT2D eigenvalue weighted by molar-refractivity contribution is 5.90. The summed E-state index contributed by atoms with van der Waals surface area (Å²) in [6.45, 7) is 0.679. The van der Waals surface area contributed by atoms with Gasteiger partial charge in [-0.25, -0.2) is 4.79 Å². The highest BCUT2D eigenvalue weighted by atomic mass is 16.5. The predicted molar refractivity (Wildman–Crippen MR) is 69.9 cm³/mol. The average Bonchev–Trinajstić information content (AvgIpc) is 2.81. The molecular formula is C14H15NO4. The highest BCUT2D eigenvalue weighted by Gasteiger charge is 2.19. The molecule has 0 radical (unpaired) electrons. The van der Waals surface area contributed by atoms with Crippen molar-refractivity contribution in [3.05, 3.63) is 42.0 Å². The molecule has 5 nitrogen and oxygen atoms in total. The van der Waals surface area contributed by atoms with Crippen molar-refractivity contribution in [1.82, 2.24) is 0 Å². The van der Waals surface area contributed by atoms with Crippen LogP contribution >= 0.6 is 0 Å². The SMILES string of the molecule is O=C(O)CN(CC=C1CCOC1=O)c1ccccc1. The van der Waals surface area contributed by atoms with Crippen LogP contribution in [-0.2, 0) is 14.3 Å². The van der Waals surface area contributed by atoms with Crippen molar-refractivity contribution in [2.45, 2.75) is 6.42 Å². The van der Waals surface area contributed by atoms with Crippen molar-refractivity contribution in [2.24, 2.45) is 0 Å². The standard InChI is InChI=1S/C14H15NO4/c16-13(17)10-15(12-4-2-1-3-5-12)8-6-11-7-9-19-14(11)18/h1-6H,7-10H2,(H,16,17). The molecule has 0 saturated carbocycles. The number of anilines is 1. The first kappa shape index (κ1) is 13.1. The van der Waals surface area contributed by atoms with Gasteiger partial charge < -0.3 is 14.7 Å². The van der Waals surface area contributed by atoms with Gasteiger partial charge in [-0.2, -0.15) is 0 Å². The zero-order chi connectivity index (χ0) is 13.7. The molecule has 1 aliphatic heterocycles. The number of benzene rings is 1. The Morgan fingerprint density at radius 1 is 1.37 bits per heavy atom. The summed E-state index contributed by atoms with van der Waals surface area (Å²) in [5.74, 6) is -1.21. The second kappa shape index (κ2) is 6.04. The number of rotatable bonds is 5. The van der Waals surface area contributed by atoms with E-state index in [-0.39, 0.29) is 12.5 Å². The zero-order valence-corrected chi connectivity index (χ0v) is 10.4. The van der Waals surface area contributed by atoms with E-state index in [4.69, 9.17) is 9.84 Å². The number of nitrogens with zero attached hydrogens (tertiary/aromatic N) is 1. The Bertz CT molecular complexity index is 495. The Balaban J connectivity index is 2.10. The Morgan fingerprint density at radius 3 is 2.68 bits per heavy atom. The number of hydrogen-bond acceptors (Lipinski definition) is 4. The zero-order valence-electron chi connectivity index (χ0n) is 10.4. The maximum absolute atomic E-state index is 11.3. The number of aliphatic carboxylic acids is 1. The molecule has 0 amide bonds. The summed E-state index contributed by atoms with van der Waals surface area (Å²) in [7, 11) is 0. The molecular weight excluding hydrogens is 246 g/mol. The fraction of sp³-hybridized carbons (Fsp3) is 0.286. The van der Waals surface area contributed by atoms with Crippen LogP contribution in [0.4, 0.5) is 5.69 Å². The molecule has 0 unspecified atom stereocenters. The number of carboxylic acids is 1. The summed E-state index contributed by atoms with van der Waals surface area (Å²) in [6, 6.07) is 9.25. The molecule has 0 spiro atoms.